The molecule has 0 radical (unpaired) electrons. The van der Waals surface area contributed by atoms with Crippen molar-refractivity contribution in [2.45, 2.75) is 12.8 Å². The number of hydrogen-bond donors (Lipinski definition) is 2. The van der Waals surface area contributed by atoms with Gasteiger partial charge in [0.1, 0.15) is 0 Å². The highest BCUT2D eigenvalue weighted by atomic mass is 16.3. The van der Waals surface area contributed by atoms with E-state index in [4.69, 9.17) is 10.2 Å². The van der Waals surface area contributed by atoms with Crippen LogP contribution in [0.1, 0.15) is 12.8 Å². The summed E-state index contributed by atoms with van der Waals surface area (Å²) in [6, 6.07) is 0. The molecule has 58 valence electrons. The zero-order chi connectivity index (χ0) is 7.40. The summed E-state index contributed by atoms with van der Waals surface area (Å²) in [5.41, 5.74) is 0. The van der Waals surface area contributed by atoms with E-state index in [0.717, 1.165) is 12.8 Å². The normalized spacial score (nSPS) is 32.6. The van der Waals surface area contributed by atoms with Gasteiger partial charge in [0.25, 0.3) is 0 Å². The van der Waals surface area contributed by atoms with E-state index in [1.165, 1.54) is 0 Å². The van der Waals surface area contributed by atoms with Crippen LogP contribution in [0.2, 0.25) is 0 Å². The maximum atomic E-state index is 8.85. The Kier molecular flexibility index (Phi) is 2.90. The fourth-order valence-corrected chi connectivity index (χ4v) is 1.37. The van der Waals surface area contributed by atoms with Gasteiger partial charge in [-0.1, -0.05) is 12.2 Å². The van der Waals surface area contributed by atoms with E-state index in [1.54, 1.807) is 0 Å². The van der Waals surface area contributed by atoms with Crippen molar-refractivity contribution in [2.75, 3.05) is 13.2 Å². The summed E-state index contributed by atoms with van der Waals surface area (Å²) in [4.78, 5) is 0. The molecule has 0 aliphatic heterocycles. The second-order valence-electron chi connectivity index (χ2n) is 2.83. The highest BCUT2D eigenvalue weighted by Gasteiger charge is 2.20. The summed E-state index contributed by atoms with van der Waals surface area (Å²) in [5, 5.41) is 17.7. The summed E-state index contributed by atoms with van der Waals surface area (Å²) < 4.78 is 0. The molecule has 2 atom stereocenters. The van der Waals surface area contributed by atoms with Crippen LogP contribution in [0.15, 0.2) is 12.2 Å². The smallest absolute Gasteiger partial charge is 0.0465 e. The minimum absolute atomic E-state index is 0.204. The molecular weight excluding hydrogens is 128 g/mol. The van der Waals surface area contributed by atoms with Gasteiger partial charge < -0.3 is 10.2 Å². The van der Waals surface area contributed by atoms with Crippen LogP contribution in [0.5, 0.6) is 0 Å². The van der Waals surface area contributed by atoms with Crippen LogP contribution in [0.25, 0.3) is 0 Å². The third kappa shape index (κ3) is 1.58. The van der Waals surface area contributed by atoms with Crippen molar-refractivity contribution < 1.29 is 10.2 Å². The average molecular weight is 142 g/mol. The van der Waals surface area contributed by atoms with Crippen LogP contribution in [0.4, 0.5) is 0 Å². The van der Waals surface area contributed by atoms with Crippen LogP contribution in [0.3, 0.4) is 0 Å². The molecule has 0 saturated heterocycles. The lowest BCUT2D eigenvalue weighted by molar-refractivity contribution is 0.118. The van der Waals surface area contributed by atoms with Crippen molar-refractivity contribution >= 4 is 0 Å². The Labute approximate surface area is 61.2 Å². The van der Waals surface area contributed by atoms with Gasteiger partial charge >= 0.3 is 0 Å². The fraction of sp³-hybridized carbons (Fsp3) is 0.750. The highest BCUT2D eigenvalue weighted by Crippen LogP contribution is 2.23. The number of allylic oxidation sites excluding steroid dienone is 2. The first-order chi connectivity index (χ1) is 4.88. The standard InChI is InChI=1S/C8H14O2/c9-5-7-3-1-2-4-8(7)6-10/h1-2,7-10H,3-6H2. The lowest BCUT2D eigenvalue weighted by atomic mass is 9.84. The molecule has 2 unspecified atom stereocenters. The van der Waals surface area contributed by atoms with Crippen LogP contribution in [-0.4, -0.2) is 23.4 Å². The molecule has 1 aliphatic carbocycles. The van der Waals surface area contributed by atoms with E-state index in [1.807, 2.05) is 0 Å². The maximum Gasteiger partial charge on any atom is 0.0465 e. The monoisotopic (exact) mass is 142 g/mol. The Morgan fingerprint density at radius 3 is 1.70 bits per heavy atom. The minimum atomic E-state index is 0.204. The molecule has 1 aliphatic rings. The van der Waals surface area contributed by atoms with Gasteiger partial charge in [-0.3, -0.25) is 0 Å². The van der Waals surface area contributed by atoms with Gasteiger partial charge in [0.05, 0.1) is 0 Å². The average Bonchev–Trinajstić information content (AvgIpc) is 2.04. The van der Waals surface area contributed by atoms with Crippen LogP contribution >= 0.6 is 0 Å². The van der Waals surface area contributed by atoms with Crippen molar-refractivity contribution in [1.82, 2.24) is 0 Å². The predicted molar refractivity (Wildman–Crippen MR) is 39.5 cm³/mol. The van der Waals surface area contributed by atoms with E-state index >= 15 is 0 Å². The molecule has 0 aromatic rings. The molecule has 0 saturated carbocycles. The van der Waals surface area contributed by atoms with Crippen LogP contribution in [0, 0.1) is 11.8 Å². The zero-order valence-electron chi connectivity index (χ0n) is 6.03. The fourth-order valence-electron chi connectivity index (χ4n) is 1.37. The first kappa shape index (κ1) is 7.76. The Morgan fingerprint density at radius 2 is 1.40 bits per heavy atom. The molecule has 0 aromatic heterocycles. The lowest BCUT2D eigenvalue weighted by Crippen LogP contribution is -2.23. The van der Waals surface area contributed by atoms with Crippen LogP contribution < -0.4 is 0 Å². The van der Waals surface area contributed by atoms with Gasteiger partial charge in [-0.2, -0.15) is 0 Å². The number of aliphatic hydroxyl groups is 2. The second kappa shape index (κ2) is 3.74. The molecule has 2 nitrogen and oxygen atoms in total. The van der Waals surface area contributed by atoms with Gasteiger partial charge in [-0.15, -0.1) is 0 Å². The largest absolute Gasteiger partial charge is 0.396 e. The highest BCUT2D eigenvalue weighted by molar-refractivity contribution is 4.94. The summed E-state index contributed by atoms with van der Waals surface area (Å²) in [7, 11) is 0. The first-order valence-electron chi connectivity index (χ1n) is 3.75. The SMILES string of the molecule is OCC1CC=CCC1CO. The van der Waals surface area contributed by atoms with Crippen molar-refractivity contribution in [3.05, 3.63) is 12.2 Å². The quantitative estimate of drug-likeness (QED) is 0.553. The van der Waals surface area contributed by atoms with Gasteiger partial charge in [0.2, 0.25) is 0 Å². The lowest BCUT2D eigenvalue weighted by Gasteiger charge is -2.24. The van der Waals surface area contributed by atoms with Gasteiger partial charge in [0, 0.05) is 13.2 Å². The molecule has 0 heterocycles. The molecule has 0 aromatic carbocycles. The molecule has 0 fully saturated rings. The zero-order valence-corrected chi connectivity index (χ0v) is 6.03. The summed E-state index contributed by atoms with van der Waals surface area (Å²) in [6.07, 6.45) is 5.99. The molecule has 1 rings (SSSR count). The van der Waals surface area contributed by atoms with E-state index < -0.39 is 0 Å². The van der Waals surface area contributed by atoms with Gasteiger partial charge in [-0.05, 0) is 24.7 Å². The second-order valence-corrected chi connectivity index (χ2v) is 2.83. The maximum absolute atomic E-state index is 8.85. The summed E-state index contributed by atoms with van der Waals surface area (Å²) >= 11 is 0. The molecule has 10 heavy (non-hydrogen) atoms. The van der Waals surface area contributed by atoms with Gasteiger partial charge in [0.15, 0.2) is 0 Å². The first-order valence-corrected chi connectivity index (χ1v) is 3.75. The Balaban J connectivity index is 2.45. The van der Waals surface area contributed by atoms with E-state index in [0.29, 0.717) is 0 Å². The van der Waals surface area contributed by atoms with Crippen LogP contribution in [-0.2, 0) is 0 Å². The van der Waals surface area contributed by atoms with Crippen molar-refractivity contribution in [1.29, 1.82) is 0 Å². The predicted octanol–water partition coefficient (Wildman–Crippen LogP) is 0.553. The third-order valence-electron chi connectivity index (χ3n) is 2.18. The minimum Gasteiger partial charge on any atom is -0.396 e. The molecular formula is C8H14O2. The molecule has 2 heteroatoms. The number of hydrogen-bond acceptors (Lipinski definition) is 2. The summed E-state index contributed by atoms with van der Waals surface area (Å²) in [5.74, 6) is 0.574. The van der Waals surface area contributed by atoms with Crippen molar-refractivity contribution in [2.24, 2.45) is 11.8 Å². The van der Waals surface area contributed by atoms with Gasteiger partial charge in [-0.25, -0.2) is 0 Å². The Bertz CT molecular complexity index is 106. The molecule has 0 bridgehead atoms. The van der Waals surface area contributed by atoms with Crippen molar-refractivity contribution in [3.63, 3.8) is 0 Å². The molecule has 0 amide bonds. The number of rotatable bonds is 2. The topological polar surface area (TPSA) is 40.5 Å². The molecule has 0 spiro atoms. The number of aliphatic hydroxyl groups excluding tert-OH is 2. The molecule has 2 N–H and O–H groups in total. The van der Waals surface area contributed by atoms with E-state index in [9.17, 15) is 0 Å². The van der Waals surface area contributed by atoms with E-state index in [2.05, 4.69) is 12.2 Å². The van der Waals surface area contributed by atoms with Crippen molar-refractivity contribution in [3.8, 4) is 0 Å². The van der Waals surface area contributed by atoms with E-state index in [-0.39, 0.29) is 25.0 Å². The third-order valence-corrected chi connectivity index (χ3v) is 2.18. The Hall–Kier alpha value is -0.340. The Morgan fingerprint density at radius 1 is 1.00 bits per heavy atom. The summed E-state index contributed by atoms with van der Waals surface area (Å²) in [6.45, 7) is 0.408.